The van der Waals surface area contributed by atoms with E-state index in [9.17, 15) is 14.7 Å². The third kappa shape index (κ3) is 7.19. The summed E-state index contributed by atoms with van der Waals surface area (Å²) in [6.07, 6.45) is 5.46. The summed E-state index contributed by atoms with van der Waals surface area (Å²) in [7, 11) is 0. The van der Waals surface area contributed by atoms with Crippen LogP contribution < -0.4 is 5.32 Å². The number of aromatic nitrogens is 2. The fraction of sp³-hybridized carbons (Fsp3) is 0.346. The number of hydrogen-bond acceptors (Lipinski definition) is 3. The maximum Gasteiger partial charge on any atom is 0.326 e. The Morgan fingerprint density at radius 1 is 1.09 bits per heavy atom. The summed E-state index contributed by atoms with van der Waals surface area (Å²) < 4.78 is 2.03. The van der Waals surface area contributed by atoms with Crippen LogP contribution in [0.25, 0.3) is 0 Å². The summed E-state index contributed by atoms with van der Waals surface area (Å²) in [6.45, 7) is 2.62. The van der Waals surface area contributed by atoms with E-state index in [0.29, 0.717) is 18.0 Å². The Morgan fingerprint density at radius 3 is 2.52 bits per heavy atom. The number of amides is 1. The second kappa shape index (κ2) is 12.2. The molecule has 0 aliphatic heterocycles. The lowest BCUT2D eigenvalue weighted by Gasteiger charge is -2.18. The molecule has 33 heavy (non-hydrogen) atoms. The van der Waals surface area contributed by atoms with Crippen molar-refractivity contribution < 1.29 is 14.7 Å². The first-order valence-corrected chi connectivity index (χ1v) is 11.7. The first kappa shape index (κ1) is 24.5. The van der Waals surface area contributed by atoms with Gasteiger partial charge in [-0.15, -0.1) is 0 Å². The number of carbonyl (C=O) groups excluding carboxylic acids is 1. The fourth-order valence-corrected chi connectivity index (χ4v) is 3.91. The molecule has 1 heterocycles. The van der Waals surface area contributed by atoms with Crippen molar-refractivity contribution in [1.29, 1.82) is 0 Å². The van der Waals surface area contributed by atoms with Crippen molar-refractivity contribution in [2.45, 2.75) is 58.0 Å². The van der Waals surface area contributed by atoms with Gasteiger partial charge in [0.15, 0.2) is 0 Å². The third-order valence-electron chi connectivity index (χ3n) is 5.59. The maximum absolute atomic E-state index is 12.5. The monoisotopic (exact) mass is 467 g/mol. The topological polar surface area (TPSA) is 84.2 Å². The van der Waals surface area contributed by atoms with Crippen LogP contribution >= 0.6 is 11.6 Å². The van der Waals surface area contributed by atoms with Crippen LogP contribution in [-0.4, -0.2) is 32.6 Å². The molecule has 0 saturated carbocycles. The molecule has 174 valence electrons. The van der Waals surface area contributed by atoms with Crippen LogP contribution in [0, 0.1) is 0 Å². The Balaban J connectivity index is 1.74. The molecule has 1 atom stereocenters. The fourth-order valence-electron chi connectivity index (χ4n) is 3.72. The Hall–Kier alpha value is -3.12. The summed E-state index contributed by atoms with van der Waals surface area (Å²) in [5.41, 5.74) is 2.74. The maximum atomic E-state index is 12.5. The van der Waals surface area contributed by atoms with Crippen molar-refractivity contribution in [2.75, 3.05) is 0 Å². The van der Waals surface area contributed by atoms with E-state index in [0.717, 1.165) is 41.9 Å². The van der Waals surface area contributed by atoms with Gasteiger partial charge >= 0.3 is 5.97 Å². The standard InChI is InChI=1S/C26H30ClN3O3/c1-2-3-13-24-28-17-21(30(24)18-20-11-7-8-12-22(20)27)16-23(26(32)33)29-25(31)15-14-19-9-5-4-6-10-19/h4-12,17,23H,2-3,13-16,18H2,1H3,(H,29,31)(H,32,33)/t23-/m0/s1. The number of imidazole rings is 1. The number of nitrogens with one attached hydrogen (secondary N) is 1. The SMILES string of the molecule is CCCCc1ncc(C[C@H](NC(=O)CCc2ccccc2)C(=O)O)n1Cc1ccccc1Cl. The van der Waals surface area contributed by atoms with Crippen molar-refractivity contribution in [3.05, 3.63) is 88.5 Å². The van der Waals surface area contributed by atoms with E-state index in [-0.39, 0.29) is 18.7 Å². The molecule has 1 aromatic heterocycles. The van der Waals surface area contributed by atoms with Crippen LogP contribution in [0.2, 0.25) is 5.02 Å². The summed E-state index contributed by atoms with van der Waals surface area (Å²) >= 11 is 6.38. The first-order chi connectivity index (χ1) is 16.0. The molecule has 0 aliphatic carbocycles. The van der Waals surface area contributed by atoms with E-state index in [2.05, 4.69) is 17.2 Å². The second-order valence-corrected chi connectivity index (χ2v) is 8.50. The number of rotatable bonds is 12. The van der Waals surface area contributed by atoms with Gasteiger partial charge in [-0.1, -0.05) is 73.5 Å². The molecule has 0 aliphatic rings. The van der Waals surface area contributed by atoms with Crippen molar-refractivity contribution in [3.8, 4) is 0 Å². The number of carbonyl (C=O) groups is 2. The van der Waals surface area contributed by atoms with Crippen molar-refractivity contribution in [2.24, 2.45) is 0 Å². The van der Waals surface area contributed by atoms with E-state index in [1.807, 2.05) is 59.2 Å². The van der Waals surface area contributed by atoms with Gasteiger partial charge in [0.1, 0.15) is 11.9 Å². The quantitative estimate of drug-likeness (QED) is 0.405. The second-order valence-electron chi connectivity index (χ2n) is 8.09. The summed E-state index contributed by atoms with van der Waals surface area (Å²) in [6, 6.07) is 16.2. The van der Waals surface area contributed by atoms with Gasteiger partial charge in [0.2, 0.25) is 5.91 Å². The number of benzene rings is 2. The van der Waals surface area contributed by atoms with Crippen LogP contribution in [0.15, 0.2) is 60.8 Å². The van der Waals surface area contributed by atoms with Gasteiger partial charge in [0, 0.05) is 36.2 Å². The van der Waals surface area contributed by atoms with Gasteiger partial charge in [-0.05, 0) is 30.0 Å². The Morgan fingerprint density at radius 2 is 1.82 bits per heavy atom. The number of nitrogens with zero attached hydrogens (tertiary/aromatic N) is 2. The van der Waals surface area contributed by atoms with E-state index < -0.39 is 12.0 Å². The molecule has 0 bridgehead atoms. The number of unbranched alkanes of at least 4 members (excludes halogenated alkanes) is 1. The van der Waals surface area contributed by atoms with Crippen molar-refractivity contribution in [3.63, 3.8) is 0 Å². The third-order valence-corrected chi connectivity index (χ3v) is 5.96. The summed E-state index contributed by atoms with van der Waals surface area (Å²) in [4.78, 5) is 29.0. The number of halogens is 1. The van der Waals surface area contributed by atoms with Gasteiger partial charge < -0.3 is 15.0 Å². The molecule has 0 fully saturated rings. The zero-order chi connectivity index (χ0) is 23.6. The largest absolute Gasteiger partial charge is 0.480 e. The minimum absolute atomic E-state index is 0.149. The molecule has 1 amide bonds. The van der Waals surface area contributed by atoms with Gasteiger partial charge in [-0.25, -0.2) is 9.78 Å². The molecule has 2 aromatic carbocycles. The summed E-state index contributed by atoms with van der Waals surface area (Å²) in [5.74, 6) is -0.454. The molecule has 6 nitrogen and oxygen atoms in total. The Kier molecular flexibility index (Phi) is 9.07. The minimum Gasteiger partial charge on any atom is -0.480 e. The van der Waals surface area contributed by atoms with Crippen molar-refractivity contribution >= 4 is 23.5 Å². The average molecular weight is 468 g/mol. The van der Waals surface area contributed by atoms with E-state index in [4.69, 9.17) is 11.6 Å². The lowest BCUT2D eigenvalue weighted by atomic mass is 10.1. The van der Waals surface area contributed by atoms with Crippen LogP contribution in [-0.2, 0) is 35.4 Å². The molecule has 2 N–H and O–H groups in total. The smallest absolute Gasteiger partial charge is 0.326 e. The highest BCUT2D eigenvalue weighted by Crippen LogP contribution is 2.20. The first-order valence-electron chi connectivity index (χ1n) is 11.3. The van der Waals surface area contributed by atoms with Crippen LogP contribution in [0.4, 0.5) is 0 Å². The lowest BCUT2D eigenvalue weighted by molar-refractivity contribution is -0.141. The van der Waals surface area contributed by atoms with E-state index >= 15 is 0 Å². The van der Waals surface area contributed by atoms with Crippen LogP contribution in [0.3, 0.4) is 0 Å². The highest BCUT2D eigenvalue weighted by Gasteiger charge is 2.23. The van der Waals surface area contributed by atoms with Gasteiger partial charge in [0.25, 0.3) is 0 Å². The predicted molar refractivity (Wildman–Crippen MR) is 129 cm³/mol. The zero-order valence-corrected chi connectivity index (χ0v) is 19.6. The summed E-state index contributed by atoms with van der Waals surface area (Å²) in [5, 5.41) is 13.1. The van der Waals surface area contributed by atoms with E-state index in [1.165, 1.54) is 0 Å². The number of carboxylic acids is 1. The molecule has 3 aromatic rings. The Labute approximate surface area is 199 Å². The molecule has 0 saturated heterocycles. The molecular formula is C26H30ClN3O3. The number of carboxylic acid groups (broad SMARTS) is 1. The van der Waals surface area contributed by atoms with Gasteiger partial charge in [0.05, 0.1) is 6.54 Å². The van der Waals surface area contributed by atoms with Gasteiger partial charge in [-0.2, -0.15) is 0 Å². The number of aryl methyl sites for hydroxylation is 2. The normalized spacial score (nSPS) is 11.8. The number of hydrogen-bond donors (Lipinski definition) is 2. The lowest BCUT2D eigenvalue weighted by Crippen LogP contribution is -2.42. The minimum atomic E-state index is -1.07. The van der Waals surface area contributed by atoms with E-state index in [1.54, 1.807) is 6.20 Å². The average Bonchev–Trinajstić information content (AvgIpc) is 3.19. The highest BCUT2D eigenvalue weighted by molar-refractivity contribution is 6.31. The Bertz CT molecular complexity index is 1070. The molecule has 0 radical (unpaired) electrons. The highest BCUT2D eigenvalue weighted by atomic mass is 35.5. The predicted octanol–water partition coefficient (Wildman–Crippen LogP) is 4.67. The zero-order valence-electron chi connectivity index (χ0n) is 18.8. The molecular weight excluding hydrogens is 438 g/mol. The van der Waals surface area contributed by atoms with Crippen LogP contribution in [0.5, 0.6) is 0 Å². The van der Waals surface area contributed by atoms with Crippen LogP contribution in [0.1, 0.15) is 48.8 Å². The molecule has 0 spiro atoms. The number of aliphatic carboxylic acids is 1. The molecule has 7 heteroatoms. The molecule has 0 unspecified atom stereocenters. The van der Waals surface area contributed by atoms with Crippen molar-refractivity contribution in [1.82, 2.24) is 14.9 Å². The molecule has 3 rings (SSSR count). The van der Waals surface area contributed by atoms with Gasteiger partial charge in [-0.3, -0.25) is 4.79 Å².